The van der Waals surface area contributed by atoms with Crippen LogP contribution >= 0.6 is 0 Å². The molecule has 57 heavy (non-hydrogen) atoms. The molecule has 1 saturated heterocycles. The molecule has 0 aromatic heterocycles. The monoisotopic (exact) mass is 803 g/mol. The van der Waals surface area contributed by atoms with E-state index < -0.39 is 24.2 Å². The number of carbonyl (C=O) groups excluding carboxylic acids is 4. The highest BCUT2D eigenvalue weighted by atomic mass is 16.7. The van der Waals surface area contributed by atoms with Crippen LogP contribution in [0.3, 0.4) is 0 Å². The van der Waals surface area contributed by atoms with Crippen LogP contribution in [0.1, 0.15) is 120 Å². The Morgan fingerprint density at radius 1 is 0.947 bits per heavy atom. The number of amides is 3. The molecule has 14 atom stereocenters. The predicted octanol–water partition coefficient (Wildman–Crippen LogP) is 5.55. The van der Waals surface area contributed by atoms with Crippen molar-refractivity contribution in [3.63, 3.8) is 0 Å². The number of hydrogen-bond donors (Lipinski definition) is 2. The number of ether oxygens (including phenoxy) is 2. The van der Waals surface area contributed by atoms with Gasteiger partial charge in [0.2, 0.25) is 17.7 Å². The molecule has 0 radical (unpaired) electrons. The summed E-state index contributed by atoms with van der Waals surface area (Å²) in [6, 6.07) is -0.529. The minimum absolute atomic E-state index is 0.0205. The molecule has 1 aliphatic heterocycles. The van der Waals surface area contributed by atoms with Crippen LogP contribution in [0, 0.1) is 64.6 Å². The van der Waals surface area contributed by atoms with Crippen LogP contribution in [0.5, 0.6) is 0 Å². The number of aliphatic hydroxyl groups excluding tert-OH is 1. The molecule has 0 aromatic rings. The average Bonchev–Trinajstić information content (AvgIpc) is 3.52. The first-order chi connectivity index (χ1) is 26.8. The molecule has 5 saturated carbocycles. The molecule has 12 heteroatoms. The minimum atomic E-state index is -0.769. The van der Waals surface area contributed by atoms with Crippen molar-refractivity contribution < 1.29 is 38.6 Å². The summed E-state index contributed by atoms with van der Waals surface area (Å²) in [6.45, 7) is 16.8. The van der Waals surface area contributed by atoms with Crippen LogP contribution in [0.25, 0.3) is 0 Å². The van der Waals surface area contributed by atoms with Gasteiger partial charge in [0, 0.05) is 57.5 Å². The van der Waals surface area contributed by atoms with Crippen LogP contribution in [0.4, 0.5) is 0 Å². The summed E-state index contributed by atoms with van der Waals surface area (Å²) in [6.07, 6.45) is 6.42. The van der Waals surface area contributed by atoms with Gasteiger partial charge in [-0.3, -0.25) is 28.9 Å². The maximum absolute atomic E-state index is 14.7. The molecule has 12 nitrogen and oxygen atoms in total. The number of esters is 1. The molecule has 0 aromatic carbocycles. The Hall–Kier alpha value is -2.12. The van der Waals surface area contributed by atoms with E-state index in [1.807, 2.05) is 34.6 Å². The predicted molar refractivity (Wildman–Crippen MR) is 219 cm³/mol. The van der Waals surface area contributed by atoms with Gasteiger partial charge in [-0.1, -0.05) is 54.9 Å². The number of fused-ring (bicyclic) bond motifs is 2. The molecular formula is C45H78N4O8. The van der Waals surface area contributed by atoms with Gasteiger partial charge >= 0.3 is 5.97 Å². The van der Waals surface area contributed by atoms with Crippen molar-refractivity contribution >= 4 is 23.7 Å². The van der Waals surface area contributed by atoms with E-state index >= 15 is 0 Å². The molecule has 7 unspecified atom stereocenters. The summed E-state index contributed by atoms with van der Waals surface area (Å²) in [5.41, 5.74) is 0.277. The molecule has 6 aliphatic rings. The molecule has 0 spiro atoms. The van der Waals surface area contributed by atoms with Gasteiger partial charge < -0.3 is 24.8 Å². The number of carbonyl (C=O) groups is 4. The smallest absolute Gasteiger partial charge is 0.306 e. The molecule has 6 fully saturated rings. The van der Waals surface area contributed by atoms with Crippen LogP contribution in [-0.2, 0) is 33.5 Å². The SMILES string of the molecule is COC1C(CN2O[C@@H](CO)[C@@H]([C@H](C)OC(=O)CC(C)C)C2C(=O)N[C@H]2C[C@H]3C[C@@H]([C@@H]2C)C3(C)C)CCCC1C1CC(C(=O)N(C)C(=O)CC(C)C)CC(N(C)C)C1. The largest absolute Gasteiger partial charge is 0.462 e. The quantitative estimate of drug-likeness (QED) is 0.203. The lowest BCUT2D eigenvalue weighted by Crippen LogP contribution is -2.62. The van der Waals surface area contributed by atoms with Crippen molar-refractivity contribution in [3.05, 3.63) is 0 Å². The Labute approximate surface area is 343 Å². The molecular weight excluding hydrogens is 725 g/mol. The fraction of sp³-hybridized carbons (Fsp3) is 0.911. The zero-order valence-electron chi connectivity index (χ0n) is 37.4. The number of nitrogens with zero attached hydrogens (tertiary/aromatic N) is 3. The van der Waals surface area contributed by atoms with Gasteiger partial charge in [0.05, 0.1) is 18.6 Å². The van der Waals surface area contributed by atoms with Crippen molar-refractivity contribution in [3.8, 4) is 0 Å². The number of hydrogen-bond acceptors (Lipinski definition) is 10. The van der Waals surface area contributed by atoms with Gasteiger partial charge in [0.25, 0.3) is 0 Å². The van der Waals surface area contributed by atoms with Gasteiger partial charge in [-0.15, -0.1) is 0 Å². The Morgan fingerprint density at radius 3 is 2.21 bits per heavy atom. The summed E-state index contributed by atoms with van der Waals surface area (Å²) in [5.74, 6) is 0.666. The summed E-state index contributed by atoms with van der Waals surface area (Å²) in [4.78, 5) is 64.7. The zero-order chi connectivity index (χ0) is 42.1. The Balaban J connectivity index is 1.38. The van der Waals surface area contributed by atoms with Crippen molar-refractivity contribution in [2.24, 2.45) is 64.6 Å². The molecule has 2 N–H and O–H groups in total. The van der Waals surface area contributed by atoms with Crippen LogP contribution in [-0.4, -0.2) is 122 Å². The molecule has 3 amide bonds. The lowest BCUT2D eigenvalue weighted by atomic mass is 9.45. The van der Waals surface area contributed by atoms with Gasteiger partial charge in [0.15, 0.2) is 0 Å². The van der Waals surface area contributed by atoms with Gasteiger partial charge in [-0.25, -0.2) is 0 Å². The first-order valence-corrected chi connectivity index (χ1v) is 22.3. The maximum atomic E-state index is 14.7. The van der Waals surface area contributed by atoms with Crippen molar-refractivity contribution in [1.29, 1.82) is 0 Å². The highest BCUT2D eigenvalue weighted by molar-refractivity contribution is 5.96. The second kappa shape index (κ2) is 19.1. The fourth-order valence-electron chi connectivity index (χ4n) is 11.9. The minimum Gasteiger partial charge on any atom is -0.462 e. The third kappa shape index (κ3) is 10.1. The van der Waals surface area contributed by atoms with Crippen molar-refractivity contribution in [1.82, 2.24) is 20.2 Å². The lowest BCUT2D eigenvalue weighted by molar-refractivity contribution is -0.193. The van der Waals surface area contributed by atoms with Crippen LogP contribution < -0.4 is 5.32 Å². The average molecular weight is 803 g/mol. The summed E-state index contributed by atoms with van der Waals surface area (Å²) in [5, 5.41) is 16.0. The number of hydroxylamine groups is 2. The first kappa shape index (κ1) is 46.0. The van der Waals surface area contributed by atoms with Crippen molar-refractivity contribution in [2.75, 3.05) is 41.4 Å². The highest BCUT2D eigenvalue weighted by Gasteiger charge is 2.58. The van der Waals surface area contributed by atoms with Gasteiger partial charge in [-0.05, 0) is 113 Å². The Morgan fingerprint density at radius 2 is 1.63 bits per heavy atom. The number of rotatable bonds is 15. The Bertz CT molecular complexity index is 1400. The molecule has 1 heterocycles. The second-order valence-electron chi connectivity index (χ2n) is 20.5. The molecule has 2 bridgehead atoms. The summed E-state index contributed by atoms with van der Waals surface area (Å²) in [7, 11) is 7.55. The summed E-state index contributed by atoms with van der Waals surface area (Å²) < 4.78 is 12.4. The number of methoxy groups -OCH3 is 1. The Kier molecular flexibility index (Phi) is 15.4. The third-order valence-corrected chi connectivity index (χ3v) is 15.3. The third-order valence-electron chi connectivity index (χ3n) is 15.3. The van der Waals surface area contributed by atoms with E-state index in [0.29, 0.717) is 37.1 Å². The molecule has 5 aliphatic carbocycles. The van der Waals surface area contributed by atoms with E-state index in [1.54, 1.807) is 19.2 Å². The highest BCUT2D eigenvalue weighted by Crippen LogP contribution is 2.61. The standard InChI is InChI=1S/C45H78N4O8/c1-25(2)16-38(51)48(11)44(54)31-18-30(19-33(20-31)47(9)10)34-15-13-14-29(42(34)55-12)23-49-41(40(37(24-50)57-49)28(6)56-39(52)17-26(3)4)43(53)46-36-22-32-21-35(27(36)5)45(32,7)8/h25-37,40-42,50H,13-24H2,1-12H3,(H,46,53)/t27-,28-,29?,30?,31?,32+,33?,34?,35-,36-,37-,40+,41?,42?/m0/s1. The molecule has 6 rings (SSSR count). The summed E-state index contributed by atoms with van der Waals surface area (Å²) >= 11 is 0. The topological polar surface area (TPSA) is 138 Å². The fourth-order valence-corrected chi connectivity index (χ4v) is 11.9. The molecule has 326 valence electrons. The lowest BCUT2D eigenvalue weighted by Gasteiger charge is -2.62. The van der Waals surface area contributed by atoms with E-state index in [2.05, 4.69) is 45.1 Å². The van der Waals surface area contributed by atoms with E-state index in [9.17, 15) is 24.3 Å². The van der Waals surface area contributed by atoms with Crippen LogP contribution in [0.2, 0.25) is 0 Å². The number of aliphatic hydroxyl groups is 1. The zero-order valence-corrected chi connectivity index (χ0v) is 37.4. The van der Waals surface area contributed by atoms with E-state index in [0.717, 1.165) is 38.5 Å². The van der Waals surface area contributed by atoms with Gasteiger partial charge in [0.1, 0.15) is 18.2 Å². The maximum Gasteiger partial charge on any atom is 0.306 e. The van der Waals surface area contributed by atoms with Crippen molar-refractivity contribution in [2.45, 2.75) is 156 Å². The second-order valence-corrected chi connectivity index (χ2v) is 20.5. The number of imide groups is 1. The normalized spacial score (nSPS) is 37.2. The van der Waals surface area contributed by atoms with E-state index in [1.165, 1.54) is 11.3 Å². The van der Waals surface area contributed by atoms with Crippen LogP contribution in [0.15, 0.2) is 0 Å². The number of nitrogens with one attached hydrogen (secondary N) is 1. The van der Waals surface area contributed by atoms with E-state index in [-0.39, 0.29) is 95.8 Å². The van der Waals surface area contributed by atoms with Gasteiger partial charge in [-0.2, -0.15) is 5.06 Å². The first-order valence-electron chi connectivity index (χ1n) is 22.3. The van der Waals surface area contributed by atoms with E-state index in [4.69, 9.17) is 14.3 Å².